The van der Waals surface area contributed by atoms with Gasteiger partial charge in [-0.1, -0.05) is 46.5 Å². The van der Waals surface area contributed by atoms with Gasteiger partial charge in [0.1, 0.15) is 82.6 Å². The molecule has 4 aromatic rings. The molecule has 0 bridgehead atoms. The van der Waals surface area contributed by atoms with Gasteiger partial charge in [-0.25, -0.2) is 18.1 Å². The van der Waals surface area contributed by atoms with Crippen molar-refractivity contribution in [1.82, 2.24) is 30.0 Å². The Morgan fingerprint density at radius 3 is 1.47 bits per heavy atom. The van der Waals surface area contributed by atoms with E-state index in [1.54, 1.807) is 12.1 Å². The Bertz CT molecular complexity index is 1500. The third-order valence-corrected chi connectivity index (χ3v) is 9.15. The van der Waals surface area contributed by atoms with Crippen LogP contribution in [0.4, 0.5) is 8.78 Å². The number of benzene rings is 2. The number of thioether (sulfide) groups is 1. The summed E-state index contributed by atoms with van der Waals surface area (Å²) in [6, 6.07) is 8.88. The molecule has 17 heteroatoms. The van der Waals surface area contributed by atoms with Crippen molar-refractivity contribution in [2.75, 3.05) is 13.2 Å². The Balaban J connectivity index is 1.25. The first-order valence-electron chi connectivity index (χ1n) is 13.9. The molecule has 0 amide bonds. The van der Waals surface area contributed by atoms with E-state index in [2.05, 4.69) is 20.6 Å². The molecule has 2 saturated heterocycles. The minimum atomic E-state index is -1.51. The average molecular weight is 649 g/mol. The number of hydrogen-bond donors (Lipinski definition) is 6. The van der Waals surface area contributed by atoms with E-state index in [0.717, 1.165) is 11.8 Å². The van der Waals surface area contributed by atoms with Crippen LogP contribution in [-0.2, 0) is 9.47 Å². The molecule has 240 valence electrons. The summed E-state index contributed by atoms with van der Waals surface area (Å²) in [6.45, 7) is -1.27. The van der Waals surface area contributed by atoms with Crippen molar-refractivity contribution in [2.45, 2.75) is 59.6 Å². The van der Waals surface area contributed by atoms with Crippen molar-refractivity contribution in [3.63, 3.8) is 0 Å². The van der Waals surface area contributed by atoms with Gasteiger partial charge in [-0.05, 0) is 24.3 Å². The second kappa shape index (κ2) is 13.1. The van der Waals surface area contributed by atoms with Crippen molar-refractivity contribution in [1.29, 1.82) is 0 Å². The summed E-state index contributed by atoms with van der Waals surface area (Å²) in [5.41, 5.74) is -1.10. The van der Waals surface area contributed by atoms with E-state index in [-0.39, 0.29) is 11.4 Å². The van der Waals surface area contributed by atoms with Crippen LogP contribution in [-0.4, -0.2) is 121 Å². The molecule has 2 aliphatic rings. The number of hydrogen-bond acceptors (Lipinski definition) is 13. The van der Waals surface area contributed by atoms with Gasteiger partial charge in [0.05, 0.1) is 25.6 Å². The van der Waals surface area contributed by atoms with Crippen LogP contribution in [0.3, 0.4) is 0 Å². The smallest absolute Gasteiger partial charge is 0.134 e. The predicted octanol–water partition coefficient (Wildman–Crippen LogP) is -0.125. The lowest BCUT2D eigenvalue weighted by Crippen LogP contribution is -2.58. The number of ether oxygens (including phenoxy) is 2. The number of nitrogens with zero attached hydrogens (tertiary/aromatic N) is 6. The maximum Gasteiger partial charge on any atom is 0.134 e. The monoisotopic (exact) mass is 648 g/mol. The Kier molecular flexibility index (Phi) is 9.23. The molecule has 0 saturated carbocycles. The first-order valence-corrected chi connectivity index (χ1v) is 14.9. The summed E-state index contributed by atoms with van der Waals surface area (Å²) in [6.07, 6.45) is -5.48. The highest BCUT2D eigenvalue weighted by Crippen LogP contribution is 2.42. The summed E-state index contributed by atoms with van der Waals surface area (Å²) in [5, 5.41) is 80.8. The summed E-state index contributed by atoms with van der Waals surface area (Å²) in [4.78, 5) is 0. The largest absolute Gasteiger partial charge is 0.394 e. The standard InChI is InChI=1S/C28H30F2N6O8S/c29-15-5-1-3-13(7-15)17-9-35(33-31-17)21-23(39)19(11-37)43-27(25(21)41)45-28-26(42)22(24(40)20(12-38)44-28)36-10-18(32-34-36)14-4-2-6-16(30)8-14/h1-10,19-28,37-42H,11-12H2/t19?,20?,21-,22-,23+,24?,25?,26+,27?,28+/m1/s1. The van der Waals surface area contributed by atoms with Gasteiger partial charge in [0.2, 0.25) is 0 Å². The molecule has 2 aromatic carbocycles. The zero-order valence-electron chi connectivity index (χ0n) is 23.3. The van der Waals surface area contributed by atoms with Gasteiger partial charge >= 0.3 is 0 Å². The summed E-state index contributed by atoms with van der Waals surface area (Å²) >= 11 is 0.796. The molecule has 0 spiro atoms. The van der Waals surface area contributed by atoms with Crippen molar-refractivity contribution < 1.29 is 48.9 Å². The first kappa shape index (κ1) is 31.6. The SMILES string of the molecule is OCC1O[C@@H](SC2OC(CO)[C@H](O)[C@@H](n3cc(-c4cccc(F)c4)nn3)C2O)[C@@H](O)[C@H](n2cc(-c3cccc(F)c3)nn2)C1O. The molecular formula is C28H30F2N6O8S. The van der Waals surface area contributed by atoms with Crippen LogP contribution in [0.1, 0.15) is 12.1 Å². The molecule has 45 heavy (non-hydrogen) atoms. The van der Waals surface area contributed by atoms with E-state index in [4.69, 9.17) is 9.47 Å². The van der Waals surface area contributed by atoms with Crippen molar-refractivity contribution in [3.8, 4) is 22.5 Å². The van der Waals surface area contributed by atoms with Crippen LogP contribution >= 0.6 is 11.8 Å². The molecule has 10 atom stereocenters. The van der Waals surface area contributed by atoms with Crippen LogP contribution < -0.4 is 0 Å². The molecule has 6 rings (SSSR count). The number of aromatic nitrogens is 6. The van der Waals surface area contributed by atoms with E-state index in [9.17, 15) is 39.4 Å². The van der Waals surface area contributed by atoms with E-state index >= 15 is 0 Å². The fraction of sp³-hybridized carbons (Fsp3) is 0.429. The Morgan fingerprint density at radius 2 is 1.09 bits per heavy atom. The quantitative estimate of drug-likeness (QED) is 0.148. The lowest BCUT2D eigenvalue weighted by molar-refractivity contribution is -0.189. The molecule has 5 unspecified atom stereocenters. The Hall–Kier alpha value is -3.39. The van der Waals surface area contributed by atoms with Crippen LogP contribution in [0.25, 0.3) is 22.5 Å². The maximum absolute atomic E-state index is 13.8. The number of aliphatic hydroxyl groups is 6. The van der Waals surface area contributed by atoms with Gasteiger partial charge in [0.15, 0.2) is 0 Å². The van der Waals surface area contributed by atoms with Gasteiger partial charge in [-0.3, -0.25) is 0 Å². The van der Waals surface area contributed by atoms with Crippen LogP contribution in [0.15, 0.2) is 60.9 Å². The fourth-order valence-electron chi connectivity index (χ4n) is 5.52. The van der Waals surface area contributed by atoms with Crippen LogP contribution in [0.5, 0.6) is 0 Å². The molecule has 14 nitrogen and oxygen atoms in total. The normalized spacial score (nSPS) is 32.1. The molecule has 2 aromatic heterocycles. The minimum absolute atomic E-state index is 0.268. The van der Waals surface area contributed by atoms with E-state index in [1.165, 1.54) is 58.2 Å². The van der Waals surface area contributed by atoms with E-state index < -0.39 is 84.4 Å². The average Bonchev–Trinajstić information content (AvgIpc) is 3.71. The third kappa shape index (κ3) is 6.23. The number of halogens is 2. The highest BCUT2D eigenvalue weighted by molar-refractivity contribution is 8.00. The van der Waals surface area contributed by atoms with Crippen molar-refractivity contribution in [2.24, 2.45) is 0 Å². The van der Waals surface area contributed by atoms with Gasteiger partial charge in [0.25, 0.3) is 0 Å². The van der Waals surface area contributed by atoms with Gasteiger partial charge in [-0.15, -0.1) is 10.2 Å². The first-order chi connectivity index (χ1) is 21.7. The second-order valence-corrected chi connectivity index (χ2v) is 11.9. The minimum Gasteiger partial charge on any atom is -0.394 e. The maximum atomic E-state index is 13.8. The van der Waals surface area contributed by atoms with E-state index in [0.29, 0.717) is 11.1 Å². The molecule has 2 aliphatic heterocycles. The van der Waals surface area contributed by atoms with E-state index in [1.807, 2.05) is 0 Å². The van der Waals surface area contributed by atoms with Gasteiger partial charge < -0.3 is 40.1 Å². The second-order valence-electron chi connectivity index (χ2n) is 10.7. The summed E-state index contributed by atoms with van der Waals surface area (Å²) < 4.78 is 41.5. The summed E-state index contributed by atoms with van der Waals surface area (Å²) in [5.74, 6) is -0.978. The number of aliphatic hydroxyl groups excluding tert-OH is 6. The van der Waals surface area contributed by atoms with Crippen molar-refractivity contribution >= 4 is 11.8 Å². The predicted molar refractivity (Wildman–Crippen MR) is 152 cm³/mol. The topological polar surface area (TPSA) is 201 Å². The van der Waals surface area contributed by atoms with Gasteiger partial charge in [-0.2, -0.15) is 0 Å². The van der Waals surface area contributed by atoms with Crippen LogP contribution in [0.2, 0.25) is 0 Å². The zero-order valence-corrected chi connectivity index (χ0v) is 24.1. The molecule has 0 aliphatic carbocycles. The Morgan fingerprint density at radius 1 is 0.667 bits per heavy atom. The Labute approximate surface area is 258 Å². The van der Waals surface area contributed by atoms with Crippen molar-refractivity contribution in [3.05, 3.63) is 72.6 Å². The third-order valence-electron chi connectivity index (χ3n) is 7.84. The molecule has 4 heterocycles. The molecule has 2 fully saturated rings. The highest BCUT2D eigenvalue weighted by atomic mass is 32.2. The number of rotatable bonds is 8. The highest BCUT2D eigenvalue weighted by Gasteiger charge is 2.51. The van der Waals surface area contributed by atoms with Gasteiger partial charge in [0, 0.05) is 11.1 Å². The molecular weight excluding hydrogens is 618 g/mol. The molecule has 0 radical (unpaired) electrons. The zero-order chi connectivity index (χ0) is 31.8. The lowest BCUT2D eigenvalue weighted by Gasteiger charge is -2.46. The van der Waals surface area contributed by atoms with Crippen LogP contribution in [0, 0.1) is 11.6 Å². The summed E-state index contributed by atoms with van der Waals surface area (Å²) in [7, 11) is 0. The lowest BCUT2D eigenvalue weighted by atomic mass is 9.97. The fourth-order valence-corrected chi connectivity index (χ4v) is 6.84. The molecule has 6 N–H and O–H groups in total.